The number of sulfone groups is 1. The van der Waals surface area contributed by atoms with Crippen molar-refractivity contribution in [3.8, 4) is 5.88 Å². The number of hydrogen-bond acceptors (Lipinski definition) is 4. The zero-order valence-electron chi connectivity index (χ0n) is 10.2. The quantitative estimate of drug-likeness (QED) is 0.814. The molecule has 0 aromatic carbocycles. The SMILES string of the molecule is COc1nc(C(C)C)c(C)cc1S(C)(=O)=O. The molecule has 0 aliphatic carbocycles. The zero-order valence-corrected chi connectivity index (χ0v) is 11.1. The lowest BCUT2D eigenvalue weighted by atomic mass is 10.1. The first-order valence-electron chi connectivity index (χ1n) is 5.03. The molecule has 0 unspecified atom stereocenters. The average molecular weight is 243 g/mol. The summed E-state index contributed by atoms with van der Waals surface area (Å²) in [6.07, 6.45) is 1.15. The minimum absolute atomic E-state index is 0.150. The molecule has 0 N–H and O–H groups in total. The van der Waals surface area contributed by atoms with Crippen LogP contribution in [0.4, 0.5) is 0 Å². The Kier molecular flexibility index (Phi) is 3.57. The van der Waals surface area contributed by atoms with Gasteiger partial charge in [-0.3, -0.25) is 0 Å². The van der Waals surface area contributed by atoms with Gasteiger partial charge in [-0.15, -0.1) is 0 Å². The molecule has 0 spiro atoms. The molecule has 0 amide bonds. The molecule has 0 atom stereocenters. The van der Waals surface area contributed by atoms with Crippen LogP contribution in [0.5, 0.6) is 5.88 Å². The van der Waals surface area contributed by atoms with Crippen LogP contribution in [0.15, 0.2) is 11.0 Å². The lowest BCUT2D eigenvalue weighted by molar-refractivity contribution is 0.382. The number of methoxy groups -OCH3 is 1. The molecule has 0 saturated heterocycles. The van der Waals surface area contributed by atoms with Crippen LogP contribution in [0.25, 0.3) is 0 Å². The van der Waals surface area contributed by atoms with Crippen molar-refractivity contribution in [3.63, 3.8) is 0 Å². The first-order chi connectivity index (χ1) is 7.27. The number of nitrogens with zero attached hydrogens (tertiary/aromatic N) is 1. The van der Waals surface area contributed by atoms with Crippen LogP contribution in [-0.2, 0) is 9.84 Å². The standard InChI is InChI=1S/C11H17NO3S/c1-7(2)10-8(3)6-9(16(5,13)14)11(12-10)15-4/h6-7H,1-5H3. The van der Waals surface area contributed by atoms with Gasteiger partial charge in [0.05, 0.1) is 7.11 Å². The first kappa shape index (κ1) is 13.0. The van der Waals surface area contributed by atoms with E-state index in [9.17, 15) is 8.42 Å². The summed E-state index contributed by atoms with van der Waals surface area (Å²) in [7, 11) is -1.87. The van der Waals surface area contributed by atoms with Gasteiger partial charge in [0.15, 0.2) is 9.84 Å². The Morgan fingerprint density at radius 3 is 2.31 bits per heavy atom. The van der Waals surface area contributed by atoms with E-state index in [-0.39, 0.29) is 16.7 Å². The van der Waals surface area contributed by atoms with Crippen molar-refractivity contribution in [2.24, 2.45) is 0 Å². The third-order valence-corrected chi connectivity index (χ3v) is 3.42. The summed E-state index contributed by atoms with van der Waals surface area (Å²) >= 11 is 0. The van der Waals surface area contributed by atoms with Gasteiger partial charge >= 0.3 is 0 Å². The second kappa shape index (κ2) is 4.41. The Morgan fingerprint density at radius 2 is 1.94 bits per heavy atom. The van der Waals surface area contributed by atoms with E-state index in [4.69, 9.17) is 4.74 Å². The molecule has 90 valence electrons. The summed E-state index contributed by atoms with van der Waals surface area (Å²) in [6.45, 7) is 5.88. The summed E-state index contributed by atoms with van der Waals surface area (Å²) in [4.78, 5) is 4.41. The van der Waals surface area contributed by atoms with Gasteiger partial charge in [0.2, 0.25) is 5.88 Å². The topological polar surface area (TPSA) is 56.3 Å². The Labute approximate surface area is 96.6 Å². The molecule has 4 nitrogen and oxygen atoms in total. The van der Waals surface area contributed by atoms with E-state index in [1.165, 1.54) is 7.11 Å². The van der Waals surface area contributed by atoms with Gasteiger partial charge < -0.3 is 4.74 Å². The molecule has 0 aliphatic heterocycles. The third-order valence-electron chi connectivity index (χ3n) is 2.32. The van der Waals surface area contributed by atoms with Crippen molar-refractivity contribution in [2.45, 2.75) is 31.6 Å². The van der Waals surface area contributed by atoms with Crippen molar-refractivity contribution in [1.29, 1.82) is 0 Å². The summed E-state index contributed by atoms with van der Waals surface area (Å²) in [5.41, 5.74) is 1.74. The van der Waals surface area contributed by atoms with E-state index < -0.39 is 9.84 Å². The van der Waals surface area contributed by atoms with E-state index in [0.717, 1.165) is 17.5 Å². The summed E-state index contributed by atoms with van der Waals surface area (Å²) in [5, 5.41) is 0. The van der Waals surface area contributed by atoms with Crippen LogP contribution in [0.3, 0.4) is 0 Å². The summed E-state index contributed by atoms with van der Waals surface area (Å²) in [6, 6.07) is 1.62. The van der Waals surface area contributed by atoms with Gasteiger partial charge in [-0.1, -0.05) is 13.8 Å². The van der Waals surface area contributed by atoms with Crippen LogP contribution in [0.2, 0.25) is 0 Å². The second-order valence-corrected chi connectivity index (χ2v) is 6.11. The smallest absolute Gasteiger partial charge is 0.232 e. The average Bonchev–Trinajstić information content (AvgIpc) is 2.15. The molecular formula is C11H17NO3S. The Hall–Kier alpha value is -1.10. The van der Waals surface area contributed by atoms with Gasteiger partial charge in [-0.25, -0.2) is 13.4 Å². The van der Waals surface area contributed by atoms with Crippen LogP contribution < -0.4 is 4.74 Å². The highest BCUT2D eigenvalue weighted by atomic mass is 32.2. The zero-order chi connectivity index (χ0) is 12.5. The highest BCUT2D eigenvalue weighted by molar-refractivity contribution is 7.90. The lowest BCUT2D eigenvalue weighted by Crippen LogP contribution is -2.07. The minimum atomic E-state index is -3.30. The molecule has 1 rings (SSSR count). The van der Waals surface area contributed by atoms with E-state index in [1.807, 2.05) is 20.8 Å². The van der Waals surface area contributed by atoms with Crippen LogP contribution in [0, 0.1) is 6.92 Å². The van der Waals surface area contributed by atoms with Gasteiger partial charge in [0.25, 0.3) is 0 Å². The molecule has 1 aromatic heterocycles. The van der Waals surface area contributed by atoms with Crippen molar-refractivity contribution in [3.05, 3.63) is 17.3 Å². The number of pyridine rings is 1. The van der Waals surface area contributed by atoms with Crippen molar-refractivity contribution in [2.75, 3.05) is 13.4 Å². The molecule has 0 radical (unpaired) electrons. The Morgan fingerprint density at radius 1 is 1.38 bits per heavy atom. The van der Waals surface area contributed by atoms with E-state index in [1.54, 1.807) is 6.07 Å². The molecule has 0 saturated carbocycles. The highest BCUT2D eigenvalue weighted by Gasteiger charge is 2.19. The predicted octanol–water partition coefficient (Wildman–Crippen LogP) is 1.93. The number of hydrogen-bond donors (Lipinski definition) is 0. The molecule has 0 fully saturated rings. The van der Waals surface area contributed by atoms with Crippen molar-refractivity contribution < 1.29 is 13.2 Å². The van der Waals surface area contributed by atoms with Gasteiger partial charge in [0, 0.05) is 11.9 Å². The maximum Gasteiger partial charge on any atom is 0.232 e. The lowest BCUT2D eigenvalue weighted by Gasteiger charge is -2.13. The molecule has 5 heteroatoms. The molecule has 0 aliphatic rings. The Bertz CT molecular complexity index is 492. The van der Waals surface area contributed by atoms with Crippen molar-refractivity contribution >= 4 is 9.84 Å². The number of aryl methyl sites for hydroxylation is 1. The maximum absolute atomic E-state index is 11.5. The number of aromatic nitrogens is 1. The van der Waals surface area contributed by atoms with E-state index >= 15 is 0 Å². The van der Waals surface area contributed by atoms with Gasteiger partial charge in [-0.2, -0.15) is 0 Å². The molecule has 0 bridgehead atoms. The normalized spacial score (nSPS) is 11.9. The fourth-order valence-corrected chi connectivity index (χ4v) is 2.42. The largest absolute Gasteiger partial charge is 0.480 e. The predicted molar refractivity (Wildman–Crippen MR) is 62.7 cm³/mol. The highest BCUT2D eigenvalue weighted by Crippen LogP contribution is 2.27. The Balaban J connectivity index is 3.51. The monoisotopic (exact) mass is 243 g/mol. The molecule has 1 aromatic rings. The van der Waals surface area contributed by atoms with Crippen LogP contribution in [-0.4, -0.2) is 26.8 Å². The van der Waals surface area contributed by atoms with Crippen LogP contribution in [0.1, 0.15) is 31.0 Å². The maximum atomic E-state index is 11.5. The summed E-state index contributed by atoms with van der Waals surface area (Å²) < 4.78 is 28.1. The van der Waals surface area contributed by atoms with E-state index in [2.05, 4.69) is 4.98 Å². The van der Waals surface area contributed by atoms with Gasteiger partial charge in [-0.05, 0) is 24.5 Å². The number of ether oxygens (including phenoxy) is 1. The van der Waals surface area contributed by atoms with Crippen molar-refractivity contribution in [1.82, 2.24) is 4.98 Å². The molecular weight excluding hydrogens is 226 g/mol. The second-order valence-electron chi connectivity index (χ2n) is 4.12. The molecule has 16 heavy (non-hydrogen) atoms. The fourth-order valence-electron chi connectivity index (χ4n) is 1.58. The van der Waals surface area contributed by atoms with E-state index in [0.29, 0.717) is 0 Å². The third kappa shape index (κ3) is 2.52. The summed E-state index contributed by atoms with van der Waals surface area (Å²) in [5.74, 6) is 0.416. The van der Waals surface area contributed by atoms with Crippen LogP contribution >= 0.6 is 0 Å². The van der Waals surface area contributed by atoms with Gasteiger partial charge in [0.1, 0.15) is 4.90 Å². The number of rotatable bonds is 3. The molecule has 1 heterocycles. The first-order valence-corrected chi connectivity index (χ1v) is 6.92. The minimum Gasteiger partial charge on any atom is -0.480 e. The fraction of sp³-hybridized carbons (Fsp3) is 0.545.